The SMILES string of the molecule is Cc1cc2n[nH]c(Cl)c2cc1NSCCCCF. The lowest BCUT2D eigenvalue weighted by Crippen LogP contribution is -1.93. The Morgan fingerprint density at radius 2 is 2.28 bits per heavy atom. The van der Waals surface area contributed by atoms with Crippen LogP contribution in [-0.2, 0) is 0 Å². The van der Waals surface area contributed by atoms with Crippen LogP contribution in [0.25, 0.3) is 10.9 Å². The molecule has 18 heavy (non-hydrogen) atoms. The smallest absolute Gasteiger partial charge is 0.132 e. The molecule has 2 N–H and O–H groups in total. The van der Waals surface area contributed by atoms with Crippen molar-refractivity contribution in [1.82, 2.24) is 10.2 Å². The number of nitrogens with one attached hydrogen (secondary N) is 2. The Balaban J connectivity index is 2.03. The Labute approximate surface area is 115 Å². The molecule has 2 aromatic rings. The summed E-state index contributed by atoms with van der Waals surface area (Å²) in [5.41, 5.74) is 3.00. The molecule has 0 atom stereocenters. The molecule has 1 aromatic heterocycles. The molecule has 0 radical (unpaired) electrons. The number of H-pyrrole nitrogens is 1. The van der Waals surface area contributed by atoms with Gasteiger partial charge < -0.3 is 4.72 Å². The van der Waals surface area contributed by atoms with Crippen LogP contribution in [0.3, 0.4) is 0 Å². The molecule has 0 amide bonds. The first-order valence-electron chi connectivity index (χ1n) is 5.80. The van der Waals surface area contributed by atoms with Gasteiger partial charge in [-0.05, 0) is 37.5 Å². The fraction of sp³-hybridized carbons (Fsp3) is 0.417. The predicted molar refractivity (Wildman–Crippen MR) is 77.1 cm³/mol. The highest BCUT2D eigenvalue weighted by Gasteiger charge is 2.07. The van der Waals surface area contributed by atoms with Crippen molar-refractivity contribution < 1.29 is 4.39 Å². The van der Waals surface area contributed by atoms with Crippen molar-refractivity contribution in [1.29, 1.82) is 0 Å². The van der Waals surface area contributed by atoms with E-state index >= 15 is 0 Å². The Morgan fingerprint density at radius 1 is 1.44 bits per heavy atom. The summed E-state index contributed by atoms with van der Waals surface area (Å²) in [4.78, 5) is 0. The topological polar surface area (TPSA) is 40.7 Å². The zero-order valence-electron chi connectivity index (χ0n) is 10.1. The van der Waals surface area contributed by atoms with Gasteiger partial charge >= 0.3 is 0 Å². The summed E-state index contributed by atoms with van der Waals surface area (Å²) >= 11 is 7.59. The summed E-state index contributed by atoms with van der Waals surface area (Å²) in [7, 11) is 0. The standard InChI is InChI=1S/C12H15ClFN3S/c1-8-6-11-9(12(13)16-15-11)7-10(8)17-18-5-3-2-4-14/h6-7,17H,2-5H2,1H3,(H,15,16). The molecular formula is C12H15ClFN3S. The number of aromatic amines is 1. The normalized spacial score (nSPS) is 11.1. The van der Waals surface area contributed by atoms with E-state index in [9.17, 15) is 4.39 Å². The molecule has 0 saturated carbocycles. The molecule has 2 rings (SSSR count). The number of hydrogen-bond donors (Lipinski definition) is 2. The van der Waals surface area contributed by atoms with Gasteiger partial charge in [-0.25, -0.2) is 0 Å². The molecule has 0 fully saturated rings. The third-order valence-electron chi connectivity index (χ3n) is 2.67. The minimum Gasteiger partial charge on any atom is -0.329 e. The van der Waals surface area contributed by atoms with E-state index in [1.165, 1.54) is 0 Å². The van der Waals surface area contributed by atoms with Crippen LogP contribution in [0.1, 0.15) is 18.4 Å². The molecule has 0 aliphatic heterocycles. The molecule has 0 spiro atoms. The third kappa shape index (κ3) is 3.09. The molecule has 1 heterocycles. The Kier molecular flexibility index (Phi) is 4.72. The quantitative estimate of drug-likeness (QED) is 0.613. The average Bonchev–Trinajstić information content (AvgIpc) is 2.70. The van der Waals surface area contributed by atoms with Crippen molar-refractivity contribution in [2.75, 3.05) is 17.1 Å². The van der Waals surface area contributed by atoms with Crippen LogP contribution in [0.2, 0.25) is 5.15 Å². The molecule has 0 unspecified atom stereocenters. The molecule has 0 aliphatic rings. The van der Waals surface area contributed by atoms with Crippen LogP contribution in [0.4, 0.5) is 10.1 Å². The molecule has 6 heteroatoms. The number of anilines is 1. The second-order valence-corrected chi connectivity index (χ2v) is 5.35. The fourth-order valence-electron chi connectivity index (χ4n) is 1.64. The first kappa shape index (κ1) is 13.5. The number of aromatic nitrogens is 2. The molecular weight excluding hydrogens is 273 g/mol. The van der Waals surface area contributed by atoms with Crippen molar-refractivity contribution in [3.8, 4) is 0 Å². The van der Waals surface area contributed by atoms with Crippen molar-refractivity contribution in [2.45, 2.75) is 19.8 Å². The molecule has 0 saturated heterocycles. The van der Waals surface area contributed by atoms with Gasteiger partial charge in [0.1, 0.15) is 5.15 Å². The first-order chi connectivity index (χ1) is 8.72. The number of unbranched alkanes of at least 4 members (excludes halogenated alkanes) is 1. The molecule has 1 aromatic carbocycles. The summed E-state index contributed by atoms with van der Waals surface area (Å²) in [5.74, 6) is 0.889. The highest BCUT2D eigenvalue weighted by Crippen LogP contribution is 2.28. The van der Waals surface area contributed by atoms with Gasteiger partial charge in [-0.15, -0.1) is 0 Å². The summed E-state index contributed by atoms with van der Waals surface area (Å²) < 4.78 is 15.2. The first-order valence-corrected chi connectivity index (χ1v) is 7.16. The van der Waals surface area contributed by atoms with Crippen LogP contribution in [0.15, 0.2) is 12.1 Å². The van der Waals surface area contributed by atoms with E-state index in [0.717, 1.165) is 34.3 Å². The van der Waals surface area contributed by atoms with E-state index in [0.29, 0.717) is 11.6 Å². The Bertz CT molecular complexity index is 529. The fourth-order valence-corrected chi connectivity index (χ4v) is 2.66. The van der Waals surface area contributed by atoms with Crippen LogP contribution in [-0.4, -0.2) is 22.6 Å². The van der Waals surface area contributed by atoms with Crippen molar-refractivity contribution in [2.24, 2.45) is 0 Å². The molecule has 98 valence electrons. The third-order valence-corrected chi connectivity index (χ3v) is 3.81. The van der Waals surface area contributed by atoms with Gasteiger partial charge in [-0.1, -0.05) is 23.5 Å². The van der Waals surface area contributed by atoms with Crippen molar-refractivity contribution >= 4 is 40.1 Å². The summed E-state index contributed by atoms with van der Waals surface area (Å²) in [6.45, 7) is 1.78. The van der Waals surface area contributed by atoms with Gasteiger partial charge in [0.15, 0.2) is 0 Å². The maximum Gasteiger partial charge on any atom is 0.132 e. The van der Waals surface area contributed by atoms with E-state index in [1.807, 2.05) is 19.1 Å². The van der Waals surface area contributed by atoms with Gasteiger partial charge in [-0.2, -0.15) is 5.10 Å². The van der Waals surface area contributed by atoms with E-state index in [-0.39, 0.29) is 6.67 Å². The maximum absolute atomic E-state index is 11.9. The highest BCUT2D eigenvalue weighted by molar-refractivity contribution is 8.00. The number of aryl methyl sites for hydroxylation is 1. The van der Waals surface area contributed by atoms with E-state index < -0.39 is 0 Å². The average molecular weight is 288 g/mol. The molecule has 0 bridgehead atoms. The number of alkyl halides is 1. The number of rotatable bonds is 6. The van der Waals surface area contributed by atoms with Gasteiger partial charge in [-0.3, -0.25) is 9.49 Å². The number of nitrogens with zero attached hydrogens (tertiary/aromatic N) is 1. The van der Waals surface area contributed by atoms with Crippen molar-refractivity contribution in [3.05, 3.63) is 22.8 Å². The largest absolute Gasteiger partial charge is 0.329 e. The van der Waals surface area contributed by atoms with Crippen LogP contribution in [0, 0.1) is 6.92 Å². The predicted octanol–water partition coefficient (Wildman–Crippen LogP) is 4.33. The number of fused-ring (bicyclic) bond motifs is 1. The van der Waals surface area contributed by atoms with Crippen molar-refractivity contribution in [3.63, 3.8) is 0 Å². The van der Waals surface area contributed by atoms with Gasteiger partial charge in [0, 0.05) is 16.8 Å². The second kappa shape index (κ2) is 6.29. The van der Waals surface area contributed by atoms with E-state index in [2.05, 4.69) is 14.9 Å². The summed E-state index contributed by atoms with van der Waals surface area (Å²) in [6.07, 6.45) is 1.50. The lowest BCUT2D eigenvalue weighted by molar-refractivity contribution is 0.470. The van der Waals surface area contributed by atoms with Gasteiger partial charge in [0.2, 0.25) is 0 Å². The Morgan fingerprint density at radius 3 is 3.06 bits per heavy atom. The number of benzene rings is 1. The van der Waals surface area contributed by atoms with Crippen LogP contribution >= 0.6 is 23.5 Å². The number of hydrogen-bond acceptors (Lipinski definition) is 3. The monoisotopic (exact) mass is 287 g/mol. The number of halogens is 2. The second-order valence-electron chi connectivity index (χ2n) is 4.07. The lowest BCUT2D eigenvalue weighted by atomic mass is 10.1. The maximum atomic E-state index is 11.9. The summed E-state index contributed by atoms with van der Waals surface area (Å²) in [6, 6.07) is 3.97. The van der Waals surface area contributed by atoms with E-state index in [1.54, 1.807) is 11.9 Å². The zero-order valence-corrected chi connectivity index (χ0v) is 11.7. The minimum atomic E-state index is -0.240. The zero-order chi connectivity index (χ0) is 13.0. The van der Waals surface area contributed by atoms with Crippen LogP contribution < -0.4 is 4.72 Å². The highest BCUT2D eigenvalue weighted by atomic mass is 35.5. The molecule has 3 nitrogen and oxygen atoms in total. The van der Waals surface area contributed by atoms with Gasteiger partial charge in [0.05, 0.1) is 12.2 Å². The van der Waals surface area contributed by atoms with Gasteiger partial charge in [0.25, 0.3) is 0 Å². The van der Waals surface area contributed by atoms with Crippen LogP contribution in [0.5, 0.6) is 0 Å². The van der Waals surface area contributed by atoms with E-state index in [4.69, 9.17) is 11.6 Å². The Hall–Kier alpha value is -0.940. The molecule has 0 aliphatic carbocycles. The minimum absolute atomic E-state index is 0.240. The summed E-state index contributed by atoms with van der Waals surface area (Å²) in [5, 5.41) is 8.32. The lowest BCUT2D eigenvalue weighted by Gasteiger charge is -2.08.